The number of sulfonamides is 1. The minimum atomic E-state index is -3.54. The predicted molar refractivity (Wildman–Crippen MR) is 80.7 cm³/mol. The molecule has 1 aliphatic rings. The molecule has 1 unspecified atom stereocenters. The third-order valence-electron chi connectivity index (χ3n) is 3.52. The van der Waals surface area contributed by atoms with Crippen LogP contribution in [0.25, 0.3) is 0 Å². The topological polar surface area (TPSA) is 37.4 Å². The molecule has 5 heteroatoms. The van der Waals surface area contributed by atoms with Crippen LogP contribution in [0.3, 0.4) is 0 Å². The van der Waals surface area contributed by atoms with Gasteiger partial charge in [0.05, 0.1) is 10.6 Å². The lowest BCUT2D eigenvalue weighted by Gasteiger charge is -2.24. The van der Waals surface area contributed by atoms with Gasteiger partial charge in [-0.15, -0.1) is 0 Å². The molecule has 0 N–H and O–H groups in total. The molecule has 0 aliphatic carbocycles. The van der Waals surface area contributed by atoms with E-state index >= 15 is 0 Å². The molecule has 0 amide bonds. The van der Waals surface area contributed by atoms with Crippen LogP contribution in [0.2, 0.25) is 5.02 Å². The van der Waals surface area contributed by atoms with E-state index in [-0.39, 0.29) is 10.9 Å². The molecule has 0 aromatic heterocycles. The van der Waals surface area contributed by atoms with E-state index in [2.05, 4.69) is 0 Å². The van der Waals surface area contributed by atoms with Gasteiger partial charge in [-0.2, -0.15) is 0 Å². The van der Waals surface area contributed by atoms with Crippen molar-refractivity contribution in [3.05, 3.63) is 59.1 Å². The van der Waals surface area contributed by atoms with Crippen LogP contribution in [0, 0.1) is 0 Å². The summed E-state index contributed by atoms with van der Waals surface area (Å²) in [6.07, 6.45) is 0.739. The number of rotatable bonds is 2. The Labute approximate surface area is 123 Å². The number of benzene rings is 2. The molecule has 0 saturated carbocycles. The van der Waals surface area contributed by atoms with E-state index in [0.717, 1.165) is 17.7 Å². The van der Waals surface area contributed by atoms with Crippen molar-refractivity contribution in [2.75, 3.05) is 4.31 Å². The van der Waals surface area contributed by atoms with E-state index in [4.69, 9.17) is 11.6 Å². The molecule has 0 bridgehead atoms. The highest BCUT2D eigenvalue weighted by Gasteiger charge is 2.35. The number of hydrogen-bond acceptors (Lipinski definition) is 2. The van der Waals surface area contributed by atoms with E-state index in [0.29, 0.717) is 5.02 Å². The van der Waals surface area contributed by atoms with Crippen molar-refractivity contribution in [3.8, 4) is 0 Å². The number of fused-ring (bicyclic) bond motifs is 1. The molecule has 1 heterocycles. The van der Waals surface area contributed by atoms with Gasteiger partial charge in [0.1, 0.15) is 0 Å². The van der Waals surface area contributed by atoms with Crippen molar-refractivity contribution < 1.29 is 8.42 Å². The van der Waals surface area contributed by atoms with Gasteiger partial charge >= 0.3 is 0 Å². The van der Waals surface area contributed by atoms with Gasteiger partial charge in [0.15, 0.2) is 0 Å². The molecule has 0 fully saturated rings. The molecular formula is C15H14ClNO2S. The van der Waals surface area contributed by atoms with Gasteiger partial charge in [0, 0.05) is 11.1 Å². The van der Waals surface area contributed by atoms with Crippen molar-refractivity contribution >= 4 is 27.3 Å². The molecule has 2 aromatic rings. The Kier molecular flexibility index (Phi) is 3.22. The lowest BCUT2D eigenvalue weighted by molar-refractivity contribution is 0.584. The van der Waals surface area contributed by atoms with E-state index in [9.17, 15) is 8.42 Å². The van der Waals surface area contributed by atoms with Gasteiger partial charge in [0.25, 0.3) is 10.0 Å². The Hall–Kier alpha value is -1.52. The summed E-state index contributed by atoms with van der Waals surface area (Å²) in [5.41, 5.74) is 1.84. The minimum absolute atomic E-state index is 0.0759. The molecule has 1 atom stereocenters. The van der Waals surface area contributed by atoms with Gasteiger partial charge in [0.2, 0.25) is 0 Å². The summed E-state index contributed by atoms with van der Waals surface area (Å²) in [7, 11) is -3.54. The van der Waals surface area contributed by atoms with Crippen LogP contribution in [0.4, 0.5) is 5.69 Å². The molecule has 1 aliphatic heterocycles. The second kappa shape index (κ2) is 4.79. The van der Waals surface area contributed by atoms with Gasteiger partial charge < -0.3 is 0 Å². The average Bonchev–Trinajstić information content (AvgIpc) is 2.75. The number of anilines is 1. The van der Waals surface area contributed by atoms with Crippen LogP contribution in [0.1, 0.15) is 12.5 Å². The first-order valence-corrected chi connectivity index (χ1v) is 8.20. The Morgan fingerprint density at radius 3 is 2.45 bits per heavy atom. The maximum atomic E-state index is 12.8. The van der Waals surface area contributed by atoms with Crippen LogP contribution in [-0.4, -0.2) is 14.5 Å². The second-order valence-electron chi connectivity index (χ2n) is 4.94. The van der Waals surface area contributed by atoms with Crippen molar-refractivity contribution in [1.29, 1.82) is 0 Å². The van der Waals surface area contributed by atoms with Crippen LogP contribution in [0.15, 0.2) is 53.4 Å². The number of halogens is 1. The molecule has 104 valence electrons. The fourth-order valence-corrected chi connectivity index (χ4v) is 4.44. The van der Waals surface area contributed by atoms with E-state index in [1.54, 1.807) is 24.3 Å². The van der Waals surface area contributed by atoms with Gasteiger partial charge in [-0.1, -0.05) is 29.8 Å². The Morgan fingerprint density at radius 2 is 1.75 bits per heavy atom. The third kappa shape index (κ3) is 2.09. The largest absolute Gasteiger partial charge is 0.264 e. The molecule has 3 rings (SSSR count). The summed E-state index contributed by atoms with van der Waals surface area (Å²) in [4.78, 5) is 0.269. The monoisotopic (exact) mass is 307 g/mol. The van der Waals surface area contributed by atoms with Crippen molar-refractivity contribution in [2.45, 2.75) is 24.3 Å². The molecular weight excluding hydrogens is 294 g/mol. The summed E-state index contributed by atoms with van der Waals surface area (Å²) in [6, 6.07) is 13.8. The molecule has 0 saturated heterocycles. The van der Waals surface area contributed by atoms with Crippen molar-refractivity contribution in [1.82, 2.24) is 0 Å². The van der Waals surface area contributed by atoms with E-state index in [1.807, 2.05) is 31.2 Å². The third-order valence-corrected chi connectivity index (χ3v) is 5.71. The summed E-state index contributed by atoms with van der Waals surface area (Å²) in [6.45, 7) is 1.92. The number of hydrogen-bond donors (Lipinski definition) is 0. The lowest BCUT2D eigenvalue weighted by atomic mass is 10.1. The summed E-state index contributed by atoms with van der Waals surface area (Å²) in [5, 5.41) is 0.527. The summed E-state index contributed by atoms with van der Waals surface area (Å²) >= 11 is 5.82. The maximum absolute atomic E-state index is 12.8. The molecule has 20 heavy (non-hydrogen) atoms. The Bertz CT molecular complexity index is 741. The average molecular weight is 308 g/mol. The Balaban J connectivity index is 2.10. The predicted octanol–water partition coefficient (Wildman–Crippen LogP) is 3.48. The molecule has 0 radical (unpaired) electrons. The number of para-hydroxylation sites is 1. The molecule has 0 spiro atoms. The molecule has 3 nitrogen and oxygen atoms in total. The van der Waals surface area contributed by atoms with Crippen LogP contribution >= 0.6 is 11.6 Å². The highest BCUT2D eigenvalue weighted by Crippen LogP contribution is 2.36. The first-order chi connectivity index (χ1) is 9.50. The quantitative estimate of drug-likeness (QED) is 0.852. The normalized spacial score (nSPS) is 18.1. The SMILES string of the molecule is CC1Cc2ccccc2N1S(=O)(=O)c1ccc(Cl)cc1. The van der Waals surface area contributed by atoms with Crippen molar-refractivity contribution in [2.24, 2.45) is 0 Å². The van der Waals surface area contributed by atoms with Crippen LogP contribution in [0.5, 0.6) is 0 Å². The second-order valence-corrected chi connectivity index (χ2v) is 7.19. The highest BCUT2D eigenvalue weighted by atomic mass is 35.5. The molecule has 2 aromatic carbocycles. The van der Waals surface area contributed by atoms with E-state index < -0.39 is 10.0 Å². The number of nitrogens with zero attached hydrogens (tertiary/aromatic N) is 1. The summed E-state index contributed by atoms with van der Waals surface area (Å²) in [5.74, 6) is 0. The zero-order valence-corrected chi connectivity index (χ0v) is 12.5. The zero-order chi connectivity index (χ0) is 14.3. The maximum Gasteiger partial charge on any atom is 0.264 e. The van der Waals surface area contributed by atoms with Crippen LogP contribution in [-0.2, 0) is 16.4 Å². The zero-order valence-electron chi connectivity index (χ0n) is 11.0. The first kappa shape index (κ1) is 13.5. The Morgan fingerprint density at radius 1 is 1.10 bits per heavy atom. The fourth-order valence-electron chi connectivity index (χ4n) is 2.62. The smallest absolute Gasteiger partial charge is 0.263 e. The standard InChI is InChI=1S/C15H14ClNO2S/c1-11-10-12-4-2-3-5-15(12)17(11)20(18,19)14-8-6-13(16)7-9-14/h2-9,11H,10H2,1H3. The van der Waals surface area contributed by atoms with Gasteiger partial charge in [-0.05, 0) is 49.2 Å². The first-order valence-electron chi connectivity index (χ1n) is 6.38. The minimum Gasteiger partial charge on any atom is -0.263 e. The lowest BCUT2D eigenvalue weighted by Crippen LogP contribution is -2.35. The van der Waals surface area contributed by atoms with Crippen molar-refractivity contribution in [3.63, 3.8) is 0 Å². The van der Waals surface area contributed by atoms with E-state index in [1.165, 1.54) is 4.31 Å². The van der Waals surface area contributed by atoms with Gasteiger partial charge in [-0.3, -0.25) is 4.31 Å². The van der Waals surface area contributed by atoms with Gasteiger partial charge in [-0.25, -0.2) is 8.42 Å². The van der Waals surface area contributed by atoms with Crippen LogP contribution < -0.4 is 4.31 Å². The summed E-state index contributed by atoms with van der Waals surface area (Å²) < 4.78 is 27.1. The fraction of sp³-hybridized carbons (Fsp3) is 0.200. The highest BCUT2D eigenvalue weighted by molar-refractivity contribution is 7.92.